The molecule has 0 amide bonds. The van der Waals surface area contributed by atoms with E-state index in [9.17, 15) is 21.6 Å². The maximum Gasteiger partial charge on any atom is 0.417 e. The number of nitrogens with two attached hydrogens (primary N) is 1. The van der Waals surface area contributed by atoms with Crippen LogP contribution in [0.15, 0.2) is 18.3 Å². The van der Waals surface area contributed by atoms with Gasteiger partial charge in [-0.2, -0.15) is 13.2 Å². The van der Waals surface area contributed by atoms with Crippen molar-refractivity contribution < 1.29 is 21.6 Å². The predicted octanol–water partition coefficient (Wildman–Crippen LogP) is 1.18. The third kappa shape index (κ3) is 3.70. The summed E-state index contributed by atoms with van der Waals surface area (Å²) in [7, 11) is -3.21. The summed E-state index contributed by atoms with van der Waals surface area (Å²) >= 11 is 0. The number of pyridine rings is 1. The summed E-state index contributed by atoms with van der Waals surface area (Å²) in [5, 5.41) is 7.47. The Morgan fingerprint density at radius 3 is 2.57 bits per heavy atom. The third-order valence-corrected chi connectivity index (χ3v) is 3.86. The molecule has 2 aromatic heterocycles. The maximum absolute atomic E-state index is 12.7. The molecule has 1 unspecified atom stereocenters. The molecule has 0 radical (unpaired) electrons. The van der Waals surface area contributed by atoms with Crippen LogP contribution in [0.2, 0.25) is 0 Å². The topological polar surface area (TPSA) is 90.3 Å². The predicted molar refractivity (Wildman–Crippen MR) is 69.2 cm³/mol. The molecule has 21 heavy (non-hydrogen) atoms. The second-order valence-corrected chi connectivity index (χ2v) is 6.99. The highest BCUT2D eigenvalue weighted by Gasteiger charge is 2.31. The molecule has 0 saturated carbocycles. The minimum Gasteiger partial charge on any atom is -0.321 e. The van der Waals surface area contributed by atoms with Gasteiger partial charge in [-0.1, -0.05) is 0 Å². The first-order valence-corrected chi connectivity index (χ1v) is 7.99. The molecule has 0 aliphatic heterocycles. The zero-order valence-electron chi connectivity index (χ0n) is 11.0. The Kier molecular flexibility index (Phi) is 3.93. The molecule has 2 rings (SSSR count). The van der Waals surface area contributed by atoms with Gasteiger partial charge in [-0.25, -0.2) is 8.42 Å². The Morgan fingerprint density at radius 1 is 1.33 bits per heavy atom. The number of rotatable bonds is 4. The van der Waals surface area contributed by atoms with Crippen molar-refractivity contribution in [2.75, 3.05) is 12.0 Å². The Labute approximate surface area is 118 Å². The highest BCUT2D eigenvalue weighted by atomic mass is 32.2. The molecule has 2 N–H and O–H groups in total. The van der Waals surface area contributed by atoms with Crippen molar-refractivity contribution in [1.29, 1.82) is 0 Å². The zero-order chi connectivity index (χ0) is 15.8. The molecule has 116 valence electrons. The van der Waals surface area contributed by atoms with Crippen LogP contribution in [-0.4, -0.2) is 35.0 Å². The minimum absolute atomic E-state index is 0.0515. The van der Waals surface area contributed by atoms with E-state index in [-0.39, 0.29) is 23.6 Å². The number of fused-ring (bicyclic) bond motifs is 1. The lowest BCUT2D eigenvalue weighted by atomic mass is 10.2. The second-order valence-electron chi connectivity index (χ2n) is 4.73. The van der Waals surface area contributed by atoms with Crippen LogP contribution in [0, 0.1) is 0 Å². The van der Waals surface area contributed by atoms with Crippen molar-refractivity contribution in [1.82, 2.24) is 14.6 Å². The van der Waals surface area contributed by atoms with Crippen molar-refractivity contribution in [3.05, 3.63) is 29.7 Å². The SMILES string of the molecule is CS(=O)(=O)CCC(N)c1nnc2ccc(C(F)(F)F)cn12. The molecule has 0 fully saturated rings. The average molecular weight is 322 g/mol. The van der Waals surface area contributed by atoms with Gasteiger partial charge in [-0.3, -0.25) is 4.40 Å². The van der Waals surface area contributed by atoms with Gasteiger partial charge in [0.25, 0.3) is 0 Å². The Balaban J connectivity index is 2.36. The van der Waals surface area contributed by atoms with Crippen LogP contribution in [-0.2, 0) is 16.0 Å². The maximum atomic E-state index is 12.7. The number of aromatic nitrogens is 3. The highest BCUT2D eigenvalue weighted by Crippen LogP contribution is 2.29. The van der Waals surface area contributed by atoms with Gasteiger partial charge in [0.2, 0.25) is 0 Å². The third-order valence-electron chi connectivity index (χ3n) is 2.89. The summed E-state index contributed by atoms with van der Waals surface area (Å²) in [6.45, 7) is 0. The molecule has 0 spiro atoms. The van der Waals surface area contributed by atoms with Gasteiger partial charge in [0, 0.05) is 12.5 Å². The van der Waals surface area contributed by atoms with E-state index in [1.165, 1.54) is 6.07 Å². The fourth-order valence-corrected chi connectivity index (χ4v) is 2.48. The van der Waals surface area contributed by atoms with Gasteiger partial charge in [-0.15, -0.1) is 10.2 Å². The van der Waals surface area contributed by atoms with Crippen LogP contribution in [0.25, 0.3) is 5.65 Å². The molecule has 0 aliphatic rings. The molecule has 10 heteroatoms. The van der Waals surface area contributed by atoms with E-state index in [1.54, 1.807) is 0 Å². The molecule has 0 bridgehead atoms. The Hall–Kier alpha value is -1.68. The van der Waals surface area contributed by atoms with Crippen molar-refractivity contribution in [3.63, 3.8) is 0 Å². The van der Waals surface area contributed by atoms with Gasteiger partial charge in [0.15, 0.2) is 11.5 Å². The highest BCUT2D eigenvalue weighted by molar-refractivity contribution is 7.90. The van der Waals surface area contributed by atoms with Gasteiger partial charge >= 0.3 is 6.18 Å². The van der Waals surface area contributed by atoms with E-state index in [4.69, 9.17) is 5.73 Å². The molecule has 6 nitrogen and oxygen atoms in total. The number of sulfone groups is 1. The van der Waals surface area contributed by atoms with Crippen LogP contribution < -0.4 is 5.73 Å². The van der Waals surface area contributed by atoms with Crippen LogP contribution in [0.3, 0.4) is 0 Å². The van der Waals surface area contributed by atoms with Crippen LogP contribution in [0.5, 0.6) is 0 Å². The van der Waals surface area contributed by atoms with Crippen molar-refractivity contribution in [2.24, 2.45) is 5.73 Å². The van der Waals surface area contributed by atoms with E-state index in [2.05, 4.69) is 10.2 Å². The minimum atomic E-state index is -4.49. The first kappa shape index (κ1) is 15.7. The number of alkyl halides is 3. The van der Waals surface area contributed by atoms with Gasteiger partial charge in [0.05, 0.1) is 17.4 Å². The first-order chi connectivity index (χ1) is 9.58. The van der Waals surface area contributed by atoms with E-state index < -0.39 is 27.6 Å². The summed E-state index contributed by atoms with van der Waals surface area (Å²) < 4.78 is 61.4. The molecule has 0 saturated heterocycles. The van der Waals surface area contributed by atoms with Crippen LogP contribution in [0.1, 0.15) is 23.9 Å². The second kappa shape index (κ2) is 5.26. The largest absolute Gasteiger partial charge is 0.417 e. The number of halogens is 3. The molecule has 0 aliphatic carbocycles. The summed E-state index contributed by atoms with van der Waals surface area (Å²) in [6, 6.07) is 1.26. The van der Waals surface area contributed by atoms with Crippen molar-refractivity contribution >= 4 is 15.5 Å². The summed E-state index contributed by atoms with van der Waals surface area (Å²) in [5.41, 5.74) is 5.16. The molecule has 1 atom stereocenters. The quantitative estimate of drug-likeness (QED) is 0.913. The van der Waals surface area contributed by atoms with Crippen molar-refractivity contribution in [2.45, 2.75) is 18.6 Å². The molecule has 2 heterocycles. The zero-order valence-corrected chi connectivity index (χ0v) is 11.8. The summed E-state index contributed by atoms with van der Waals surface area (Å²) in [4.78, 5) is 0. The van der Waals surface area contributed by atoms with Crippen LogP contribution >= 0.6 is 0 Å². The number of hydrogen-bond acceptors (Lipinski definition) is 5. The molecule has 2 aromatic rings. The molecular weight excluding hydrogens is 309 g/mol. The van der Waals surface area contributed by atoms with E-state index in [1.807, 2.05) is 0 Å². The van der Waals surface area contributed by atoms with Crippen LogP contribution in [0.4, 0.5) is 13.2 Å². The average Bonchev–Trinajstić information content (AvgIpc) is 2.76. The van der Waals surface area contributed by atoms with Gasteiger partial charge in [0.1, 0.15) is 9.84 Å². The van der Waals surface area contributed by atoms with E-state index in [0.717, 1.165) is 22.9 Å². The number of nitrogens with zero attached hydrogens (tertiary/aromatic N) is 3. The molecular formula is C11H13F3N4O2S. The Morgan fingerprint density at radius 2 is 2.00 bits per heavy atom. The smallest absolute Gasteiger partial charge is 0.321 e. The molecule has 0 aromatic carbocycles. The van der Waals surface area contributed by atoms with E-state index in [0.29, 0.717) is 0 Å². The summed E-state index contributed by atoms with van der Waals surface area (Å²) in [5.74, 6) is -0.0815. The lowest BCUT2D eigenvalue weighted by molar-refractivity contribution is -0.137. The fraction of sp³-hybridized carbons (Fsp3) is 0.455. The first-order valence-electron chi connectivity index (χ1n) is 5.93. The van der Waals surface area contributed by atoms with E-state index >= 15 is 0 Å². The summed E-state index contributed by atoms with van der Waals surface area (Å²) in [6.07, 6.45) is -2.53. The van der Waals surface area contributed by atoms with Gasteiger partial charge < -0.3 is 5.73 Å². The Bertz CT molecular complexity index is 754. The lowest BCUT2D eigenvalue weighted by Gasteiger charge is -2.11. The standard InChI is InChI=1S/C11H13F3N4O2S/c1-21(19,20)5-4-8(15)10-17-16-9-3-2-7(6-18(9)10)11(12,13)14/h2-3,6,8H,4-5,15H2,1H3. The van der Waals surface area contributed by atoms with Crippen molar-refractivity contribution in [3.8, 4) is 0 Å². The fourth-order valence-electron chi connectivity index (χ4n) is 1.80. The number of hydrogen-bond donors (Lipinski definition) is 1. The monoisotopic (exact) mass is 322 g/mol. The van der Waals surface area contributed by atoms with Gasteiger partial charge in [-0.05, 0) is 18.6 Å². The normalized spacial score (nSPS) is 14.5. The lowest BCUT2D eigenvalue weighted by Crippen LogP contribution is -2.18.